The maximum absolute atomic E-state index is 10.9. The first-order valence-corrected chi connectivity index (χ1v) is 6.06. The van der Waals surface area contributed by atoms with E-state index in [1.165, 1.54) is 7.11 Å². The van der Waals surface area contributed by atoms with Crippen molar-refractivity contribution in [2.45, 2.75) is 6.10 Å². The van der Waals surface area contributed by atoms with E-state index >= 15 is 0 Å². The summed E-state index contributed by atoms with van der Waals surface area (Å²) in [6, 6.07) is 7.85. The van der Waals surface area contributed by atoms with Gasteiger partial charge in [0.2, 0.25) is 0 Å². The van der Waals surface area contributed by atoms with Crippen molar-refractivity contribution in [3.8, 4) is 0 Å². The van der Waals surface area contributed by atoms with Gasteiger partial charge in [0.15, 0.2) is 0 Å². The van der Waals surface area contributed by atoms with Crippen LogP contribution >= 0.6 is 11.3 Å². The molecular formula is C12H13NO3S. The highest BCUT2D eigenvalue weighted by atomic mass is 32.1. The Hall–Kier alpha value is -1.59. The number of methoxy groups -OCH3 is 1. The number of hydrogen-bond donors (Lipinski definition) is 2. The fraction of sp³-hybridized carbons (Fsp3) is 0.250. The zero-order chi connectivity index (χ0) is 12.3. The molecule has 0 fully saturated rings. The number of carbonyl (C=O) groups excluding carboxylic acids is 1. The maximum Gasteiger partial charge on any atom is 0.406 e. The van der Waals surface area contributed by atoms with E-state index in [1.54, 1.807) is 11.3 Å². The fourth-order valence-corrected chi connectivity index (χ4v) is 2.63. The number of amides is 1. The number of fused-ring (bicyclic) bond motifs is 1. The number of rotatable bonds is 3. The number of ether oxygens (including phenoxy) is 1. The van der Waals surface area contributed by atoms with Gasteiger partial charge >= 0.3 is 6.09 Å². The summed E-state index contributed by atoms with van der Waals surface area (Å²) >= 11 is 1.58. The van der Waals surface area contributed by atoms with Crippen molar-refractivity contribution in [2.24, 2.45) is 0 Å². The van der Waals surface area contributed by atoms with Gasteiger partial charge in [-0.3, -0.25) is 0 Å². The van der Waals surface area contributed by atoms with Crippen molar-refractivity contribution in [1.29, 1.82) is 0 Å². The van der Waals surface area contributed by atoms with Crippen LogP contribution in [0.4, 0.5) is 4.79 Å². The van der Waals surface area contributed by atoms with E-state index in [2.05, 4.69) is 10.1 Å². The number of alkyl carbamates (subject to hydrolysis) is 1. The number of benzene rings is 1. The first-order valence-electron chi connectivity index (χ1n) is 5.18. The Morgan fingerprint density at radius 1 is 1.53 bits per heavy atom. The molecule has 0 saturated carbocycles. The fourth-order valence-electron chi connectivity index (χ4n) is 1.62. The van der Waals surface area contributed by atoms with Gasteiger partial charge < -0.3 is 15.2 Å². The lowest BCUT2D eigenvalue weighted by Crippen LogP contribution is -2.27. The van der Waals surface area contributed by atoms with Gasteiger partial charge in [0.05, 0.1) is 19.8 Å². The van der Waals surface area contributed by atoms with Gasteiger partial charge in [0.1, 0.15) is 0 Å². The van der Waals surface area contributed by atoms with Crippen molar-refractivity contribution in [3.63, 3.8) is 0 Å². The lowest BCUT2D eigenvalue weighted by Gasteiger charge is -2.10. The van der Waals surface area contributed by atoms with Crippen LogP contribution in [0.25, 0.3) is 10.1 Å². The van der Waals surface area contributed by atoms with E-state index in [9.17, 15) is 9.90 Å². The molecule has 0 saturated heterocycles. The molecule has 0 aliphatic carbocycles. The Bertz CT molecular complexity index is 523. The normalized spacial score (nSPS) is 12.4. The molecule has 0 aliphatic rings. The number of hydrogen-bond acceptors (Lipinski definition) is 4. The second kappa shape index (κ2) is 5.16. The average molecular weight is 251 g/mol. The molecular weight excluding hydrogens is 238 g/mol. The minimum Gasteiger partial charge on any atom is -0.453 e. The largest absolute Gasteiger partial charge is 0.453 e. The predicted molar refractivity (Wildman–Crippen MR) is 67.2 cm³/mol. The van der Waals surface area contributed by atoms with E-state index in [-0.39, 0.29) is 6.54 Å². The highest BCUT2D eigenvalue weighted by Gasteiger charge is 2.13. The van der Waals surface area contributed by atoms with Crippen molar-refractivity contribution in [1.82, 2.24) is 5.32 Å². The van der Waals surface area contributed by atoms with Crippen LogP contribution in [0.5, 0.6) is 0 Å². The molecule has 2 rings (SSSR count). The monoisotopic (exact) mass is 251 g/mol. The molecule has 2 N–H and O–H groups in total. The SMILES string of the molecule is COC(=O)NC[C@@H](O)c1csc2ccccc12. The molecule has 17 heavy (non-hydrogen) atoms. The molecule has 0 bridgehead atoms. The number of aliphatic hydroxyl groups is 1. The Labute approximate surface area is 103 Å². The van der Waals surface area contributed by atoms with Crippen LogP contribution in [0.3, 0.4) is 0 Å². The Morgan fingerprint density at radius 2 is 2.29 bits per heavy atom. The second-order valence-electron chi connectivity index (χ2n) is 3.58. The summed E-state index contributed by atoms with van der Waals surface area (Å²) in [6.45, 7) is 0.146. The van der Waals surface area contributed by atoms with Crippen LogP contribution in [0, 0.1) is 0 Å². The molecule has 5 heteroatoms. The first kappa shape index (κ1) is 11.9. The molecule has 1 heterocycles. The van der Waals surface area contributed by atoms with Gasteiger partial charge in [-0.2, -0.15) is 0 Å². The number of carbonyl (C=O) groups is 1. The molecule has 1 atom stereocenters. The smallest absolute Gasteiger partial charge is 0.406 e. The van der Waals surface area contributed by atoms with Crippen LogP contribution in [-0.4, -0.2) is 24.9 Å². The molecule has 1 aromatic heterocycles. The first-order chi connectivity index (χ1) is 8.22. The molecule has 90 valence electrons. The highest BCUT2D eigenvalue weighted by molar-refractivity contribution is 7.17. The molecule has 1 amide bonds. The van der Waals surface area contributed by atoms with Crippen molar-refractivity contribution < 1.29 is 14.6 Å². The minimum absolute atomic E-state index is 0.146. The summed E-state index contributed by atoms with van der Waals surface area (Å²) < 4.78 is 5.57. The molecule has 0 spiro atoms. The summed E-state index contributed by atoms with van der Waals surface area (Å²) in [7, 11) is 1.29. The predicted octanol–water partition coefficient (Wildman–Crippen LogP) is 2.29. The summed E-state index contributed by atoms with van der Waals surface area (Å²) in [5, 5.41) is 15.4. The van der Waals surface area contributed by atoms with Crippen LogP contribution < -0.4 is 5.32 Å². The number of nitrogens with one attached hydrogen (secondary N) is 1. The maximum atomic E-state index is 10.9. The zero-order valence-corrected chi connectivity index (χ0v) is 10.2. The molecule has 0 unspecified atom stereocenters. The highest BCUT2D eigenvalue weighted by Crippen LogP contribution is 2.29. The van der Waals surface area contributed by atoms with Crippen LogP contribution in [-0.2, 0) is 4.74 Å². The number of aliphatic hydroxyl groups excluding tert-OH is 1. The van der Waals surface area contributed by atoms with E-state index in [4.69, 9.17) is 0 Å². The number of thiophene rings is 1. The summed E-state index contributed by atoms with van der Waals surface area (Å²) in [5.74, 6) is 0. The van der Waals surface area contributed by atoms with Crippen molar-refractivity contribution in [2.75, 3.05) is 13.7 Å². The molecule has 2 aromatic rings. The summed E-state index contributed by atoms with van der Waals surface area (Å²) in [4.78, 5) is 10.9. The lowest BCUT2D eigenvalue weighted by molar-refractivity contribution is 0.148. The third-order valence-corrected chi connectivity index (χ3v) is 3.48. The average Bonchev–Trinajstić information content (AvgIpc) is 2.79. The quantitative estimate of drug-likeness (QED) is 0.880. The Balaban J connectivity index is 2.13. The molecule has 0 radical (unpaired) electrons. The van der Waals surface area contributed by atoms with Gasteiger partial charge in [-0.25, -0.2) is 4.79 Å². The standard InChI is InChI=1S/C12H13NO3S/c1-16-12(15)13-6-10(14)9-7-17-11-5-3-2-4-8(9)11/h2-5,7,10,14H,6H2,1H3,(H,13,15)/t10-/m1/s1. The topological polar surface area (TPSA) is 58.6 Å². The summed E-state index contributed by atoms with van der Waals surface area (Å²) in [5.41, 5.74) is 0.835. The van der Waals surface area contributed by atoms with E-state index < -0.39 is 12.2 Å². The van der Waals surface area contributed by atoms with Crippen LogP contribution in [0.1, 0.15) is 11.7 Å². The molecule has 0 aliphatic heterocycles. The molecule has 1 aromatic carbocycles. The van der Waals surface area contributed by atoms with E-state index in [0.29, 0.717) is 0 Å². The van der Waals surface area contributed by atoms with Gasteiger partial charge in [-0.15, -0.1) is 11.3 Å². The van der Waals surface area contributed by atoms with Crippen LogP contribution in [0.2, 0.25) is 0 Å². The second-order valence-corrected chi connectivity index (χ2v) is 4.49. The van der Waals surface area contributed by atoms with E-state index in [0.717, 1.165) is 15.6 Å². The minimum atomic E-state index is -0.717. The van der Waals surface area contributed by atoms with Gasteiger partial charge in [0, 0.05) is 10.3 Å². The van der Waals surface area contributed by atoms with E-state index in [1.807, 2.05) is 29.6 Å². The summed E-state index contributed by atoms with van der Waals surface area (Å²) in [6.07, 6.45) is -1.26. The third kappa shape index (κ3) is 2.57. The zero-order valence-electron chi connectivity index (χ0n) is 9.34. The molecule has 4 nitrogen and oxygen atoms in total. The van der Waals surface area contributed by atoms with Crippen molar-refractivity contribution >= 4 is 27.5 Å². The van der Waals surface area contributed by atoms with Gasteiger partial charge in [0.25, 0.3) is 0 Å². The third-order valence-electron chi connectivity index (χ3n) is 2.50. The van der Waals surface area contributed by atoms with Gasteiger partial charge in [-0.1, -0.05) is 18.2 Å². The van der Waals surface area contributed by atoms with Crippen LogP contribution in [0.15, 0.2) is 29.6 Å². The Morgan fingerprint density at radius 3 is 3.06 bits per heavy atom. The van der Waals surface area contributed by atoms with Gasteiger partial charge in [-0.05, 0) is 16.8 Å². The Kier molecular flexibility index (Phi) is 3.61. The van der Waals surface area contributed by atoms with Crippen molar-refractivity contribution in [3.05, 3.63) is 35.2 Å². The lowest BCUT2D eigenvalue weighted by atomic mass is 10.1.